The molecule has 2 aromatic rings. The van der Waals surface area contributed by atoms with Crippen LogP contribution in [-0.4, -0.2) is 46.3 Å². The molecule has 6 nitrogen and oxygen atoms in total. The number of amides is 4. The van der Waals surface area contributed by atoms with Crippen molar-refractivity contribution in [3.63, 3.8) is 0 Å². The zero-order valence-electron chi connectivity index (χ0n) is 16.2. The molecule has 1 N–H and O–H groups in total. The van der Waals surface area contributed by atoms with Gasteiger partial charge in [0.25, 0.3) is 11.8 Å². The lowest BCUT2D eigenvalue weighted by Gasteiger charge is -2.37. The fourth-order valence-electron chi connectivity index (χ4n) is 4.01. The molecule has 0 radical (unpaired) electrons. The molecule has 4 rings (SSSR count). The molecule has 0 unspecified atom stereocenters. The van der Waals surface area contributed by atoms with E-state index in [1.54, 1.807) is 29.2 Å². The first kappa shape index (κ1) is 19.5. The van der Waals surface area contributed by atoms with Gasteiger partial charge in [0.05, 0.1) is 6.54 Å². The van der Waals surface area contributed by atoms with E-state index in [2.05, 4.69) is 5.32 Å². The van der Waals surface area contributed by atoms with Crippen LogP contribution in [0.3, 0.4) is 0 Å². The Hall–Kier alpha value is -2.86. The van der Waals surface area contributed by atoms with Crippen molar-refractivity contribution in [2.45, 2.75) is 31.8 Å². The Labute approximate surface area is 174 Å². The summed E-state index contributed by atoms with van der Waals surface area (Å²) < 4.78 is 0. The SMILES string of the molecule is Cc1cccc(C(=O)N2CCC3(CC2)NC(=O)N(Cc2ccccc2Cl)C3=O)c1. The third kappa shape index (κ3) is 3.60. The van der Waals surface area contributed by atoms with Gasteiger partial charge in [0.1, 0.15) is 5.54 Å². The summed E-state index contributed by atoms with van der Waals surface area (Å²) in [5.74, 6) is -0.293. The molecule has 0 bridgehead atoms. The van der Waals surface area contributed by atoms with Gasteiger partial charge >= 0.3 is 6.03 Å². The minimum atomic E-state index is -0.943. The highest BCUT2D eigenvalue weighted by Gasteiger charge is 2.52. The molecule has 1 spiro atoms. The van der Waals surface area contributed by atoms with Crippen molar-refractivity contribution in [1.29, 1.82) is 0 Å². The number of nitrogens with one attached hydrogen (secondary N) is 1. The summed E-state index contributed by atoms with van der Waals surface area (Å²) >= 11 is 6.18. The number of likely N-dealkylation sites (tertiary alicyclic amines) is 1. The quantitative estimate of drug-likeness (QED) is 0.787. The van der Waals surface area contributed by atoms with Crippen LogP contribution >= 0.6 is 11.6 Å². The monoisotopic (exact) mass is 411 g/mol. The van der Waals surface area contributed by atoms with Crippen molar-refractivity contribution in [1.82, 2.24) is 15.1 Å². The van der Waals surface area contributed by atoms with Gasteiger partial charge in [-0.2, -0.15) is 0 Å². The number of aryl methyl sites for hydroxylation is 1. The first-order chi connectivity index (χ1) is 13.9. The summed E-state index contributed by atoms with van der Waals surface area (Å²) in [6.07, 6.45) is 0.794. The maximum atomic E-state index is 13.1. The zero-order chi connectivity index (χ0) is 20.6. The third-order valence-corrected chi connectivity index (χ3v) is 6.07. The number of benzene rings is 2. The smallest absolute Gasteiger partial charge is 0.325 e. The molecule has 2 saturated heterocycles. The lowest BCUT2D eigenvalue weighted by atomic mass is 9.87. The van der Waals surface area contributed by atoms with E-state index in [0.717, 1.165) is 11.1 Å². The predicted molar refractivity (Wildman–Crippen MR) is 110 cm³/mol. The average Bonchev–Trinajstić information content (AvgIpc) is 2.94. The van der Waals surface area contributed by atoms with E-state index >= 15 is 0 Å². The summed E-state index contributed by atoms with van der Waals surface area (Å²) in [6, 6.07) is 14.2. The molecule has 29 heavy (non-hydrogen) atoms. The molecule has 2 fully saturated rings. The maximum Gasteiger partial charge on any atom is 0.325 e. The topological polar surface area (TPSA) is 69.7 Å². The fourth-order valence-corrected chi connectivity index (χ4v) is 4.20. The molecule has 2 aliphatic heterocycles. The Balaban J connectivity index is 1.45. The number of carbonyl (C=O) groups excluding carboxylic acids is 3. The van der Waals surface area contributed by atoms with Gasteiger partial charge < -0.3 is 10.2 Å². The molecular weight excluding hydrogens is 390 g/mol. The Morgan fingerprint density at radius 1 is 1.10 bits per heavy atom. The lowest BCUT2D eigenvalue weighted by molar-refractivity contribution is -0.133. The van der Waals surface area contributed by atoms with Crippen LogP contribution in [-0.2, 0) is 11.3 Å². The highest BCUT2D eigenvalue weighted by Crippen LogP contribution is 2.31. The van der Waals surface area contributed by atoms with E-state index in [-0.39, 0.29) is 18.4 Å². The van der Waals surface area contributed by atoms with Crippen molar-refractivity contribution in [3.8, 4) is 0 Å². The Morgan fingerprint density at radius 2 is 1.83 bits per heavy atom. The van der Waals surface area contributed by atoms with Crippen molar-refractivity contribution in [2.24, 2.45) is 0 Å². The van der Waals surface area contributed by atoms with Gasteiger partial charge in [-0.25, -0.2) is 4.79 Å². The van der Waals surface area contributed by atoms with Crippen LogP contribution in [0.2, 0.25) is 5.02 Å². The standard InChI is InChI=1S/C22H22ClN3O3/c1-15-5-4-7-16(13-15)19(27)25-11-9-22(10-12-25)20(28)26(21(29)24-22)14-17-6-2-3-8-18(17)23/h2-8,13H,9-12,14H2,1H3,(H,24,29). The number of hydrogen-bond acceptors (Lipinski definition) is 3. The predicted octanol–water partition coefficient (Wildman–Crippen LogP) is 3.38. The van der Waals surface area contributed by atoms with Gasteiger partial charge in [-0.15, -0.1) is 0 Å². The highest BCUT2D eigenvalue weighted by molar-refractivity contribution is 6.31. The maximum absolute atomic E-state index is 13.1. The number of nitrogens with zero attached hydrogens (tertiary/aromatic N) is 2. The normalized spacial score (nSPS) is 18.3. The zero-order valence-corrected chi connectivity index (χ0v) is 16.9. The van der Waals surface area contributed by atoms with Crippen LogP contribution in [0.1, 0.15) is 34.3 Å². The lowest BCUT2D eigenvalue weighted by Crippen LogP contribution is -2.55. The summed E-state index contributed by atoms with van der Waals surface area (Å²) in [6.45, 7) is 2.91. The first-order valence-corrected chi connectivity index (χ1v) is 10.0. The van der Waals surface area contributed by atoms with Gasteiger partial charge in [0, 0.05) is 23.7 Å². The first-order valence-electron chi connectivity index (χ1n) is 9.63. The number of halogens is 1. The highest BCUT2D eigenvalue weighted by atomic mass is 35.5. The summed E-state index contributed by atoms with van der Waals surface area (Å²) in [7, 11) is 0. The Bertz CT molecular complexity index is 983. The molecule has 7 heteroatoms. The van der Waals surface area contributed by atoms with Gasteiger partial charge in [0.15, 0.2) is 0 Å². The van der Waals surface area contributed by atoms with E-state index < -0.39 is 11.6 Å². The largest absolute Gasteiger partial charge is 0.338 e. The van der Waals surface area contributed by atoms with E-state index in [4.69, 9.17) is 11.6 Å². The van der Waals surface area contributed by atoms with Crippen molar-refractivity contribution in [3.05, 3.63) is 70.2 Å². The second kappa shape index (κ2) is 7.52. The number of rotatable bonds is 3. The minimum absolute atomic E-state index is 0.0479. The third-order valence-electron chi connectivity index (χ3n) is 5.70. The van der Waals surface area contributed by atoms with Crippen molar-refractivity contribution < 1.29 is 14.4 Å². The second-order valence-corrected chi connectivity index (χ2v) is 8.06. The number of carbonyl (C=O) groups is 3. The molecule has 0 atom stereocenters. The molecule has 2 aliphatic rings. The van der Waals surface area contributed by atoms with Gasteiger partial charge in [-0.3, -0.25) is 14.5 Å². The Kier molecular flexibility index (Phi) is 5.04. The van der Waals surface area contributed by atoms with Gasteiger partial charge in [0.2, 0.25) is 0 Å². The van der Waals surface area contributed by atoms with Crippen LogP contribution in [0.25, 0.3) is 0 Å². The van der Waals surface area contributed by atoms with Crippen LogP contribution in [0.15, 0.2) is 48.5 Å². The van der Waals surface area contributed by atoms with Crippen LogP contribution < -0.4 is 5.32 Å². The molecule has 150 valence electrons. The van der Waals surface area contributed by atoms with E-state index in [9.17, 15) is 14.4 Å². The molecule has 2 heterocycles. The van der Waals surface area contributed by atoms with Crippen molar-refractivity contribution >= 4 is 29.4 Å². The number of piperidine rings is 1. The second-order valence-electron chi connectivity index (χ2n) is 7.66. The molecule has 0 aliphatic carbocycles. The summed E-state index contributed by atoms with van der Waals surface area (Å²) in [5, 5.41) is 3.39. The number of urea groups is 1. The van der Waals surface area contributed by atoms with E-state index in [1.807, 2.05) is 31.2 Å². The molecule has 2 aromatic carbocycles. The van der Waals surface area contributed by atoms with E-state index in [0.29, 0.717) is 36.5 Å². The van der Waals surface area contributed by atoms with Gasteiger partial charge in [-0.05, 0) is 43.5 Å². The van der Waals surface area contributed by atoms with Crippen LogP contribution in [0.4, 0.5) is 4.79 Å². The number of imide groups is 1. The van der Waals surface area contributed by atoms with Gasteiger partial charge in [-0.1, -0.05) is 47.5 Å². The average molecular weight is 412 g/mol. The Morgan fingerprint density at radius 3 is 2.52 bits per heavy atom. The molecule has 4 amide bonds. The molecule has 0 aromatic heterocycles. The van der Waals surface area contributed by atoms with Crippen LogP contribution in [0, 0.1) is 6.92 Å². The number of hydrogen-bond donors (Lipinski definition) is 1. The molecule has 0 saturated carbocycles. The fraction of sp³-hybridized carbons (Fsp3) is 0.318. The van der Waals surface area contributed by atoms with Crippen LogP contribution in [0.5, 0.6) is 0 Å². The summed E-state index contributed by atoms with van der Waals surface area (Å²) in [5.41, 5.74) is 1.45. The summed E-state index contributed by atoms with van der Waals surface area (Å²) in [4.78, 5) is 41.4. The minimum Gasteiger partial charge on any atom is -0.338 e. The van der Waals surface area contributed by atoms with E-state index in [1.165, 1.54) is 4.90 Å². The molecular formula is C22H22ClN3O3. The van der Waals surface area contributed by atoms with Crippen molar-refractivity contribution in [2.75, 3.05) is 13.1 Å².